The molecule has 0 spiro atoms. The largest absolute Gasteiger partial charge is 0.325 e. The van der Waals surface area contributed by atoms with E-state index in [4.69, 9.17) is 5.73 Å². The highest BCUT2D eigenvalue weighted by atomic mass is 127. The van der Waals surface area contributed by atoms with Crippen molar-refractivity contribution in [3.05, 3.63) is 0 Å². The van der Waals surface area contributed by atoms with Gasteiger partial charge in [-0.05, 0) is 19.3 Å². The van der Waals surface area contributed by atoms with Crippen molar-refractivity contribution in [3.8, 4) is 0 Å². The van der Waals surface area contributed by atoms with Gasteiger partial charge in [-0.15, -0.1) is 0 Å². The lowest BCUT2D eigenvalue weighted by Gasteiger charge is -2.25. The highest BCUT2D eigenvalue weighted by Gasteiger charge is 2.25. The van der Waals surface area contributed by atoms with Crippen molar-refractivity contribution in [2.75, 3.05) is 0 Å². The summed E-state index contributed by atoms with van der Waals surface area (Å²) in [5.41, 5.74) is 5.46. The first kappa shape index (κ1) is 7.72. The minimum Gasteiger partial charge on any atom is -0.325 e. The fourth-order valence-corrected chi connectivity index (χ4v) is 1.94. The fourth-order valence-electron chi connectivity index (χ4n) is 1.09. The SMILES string of the molecule is NC1CCC(I)CC1F. The maximum atomic E-state index is 12.7. The summed E-state index contributed by atoms with van der Waals surface area (Å²) < 4.78 is 13.2. The van der Waals surface area contributed by atoms with Crippen molar-refractivity contribution >= 4 is 22.6 Å². The van der Waals surface area contributed by atoms with Crippen molar-refractivity contribution in [2.45, 2.75) is 35.4 Å². The molecule has 0 aromatic carbocycles. The molecule has 0 aromatic heterocycles. The van der Waals surface area contributed by atoms with Crippen LogP contribution in [-0.2, 0) is 0 Å². The fraction of sp³-hybridized carbons (Fsp3) is 1.00. The maximum absolute atomic E-state index is 12.7. The highest BCUT2D eigenvalue weighted by molar-refractivity contribution is 14.1. The smallest absolute Gasteiger partial charge is 0.116 e. The second-order valence-corrected chi connectivity index (χ2v) is 4.35. The summed E-state index contributed by atoms with van der Waals surface area (Å²) in [6, 6.07) is -0.184. The normalized spacial score (nSPS) is 45.0. The summed E-state index contributed by atoms with van der Waals surface area (Å²) >= 11 is 2.29. The molecule has 1 aliphatic rings. The van der Waals surface area contributed by atoms with Gasteiger partial charge in [-0.2, -0.15) is 0 Å². The monoisotopic (exact) mass is 243 g/mol. The number of nitrogens with two attached hydrogens (primary N) is 1. The Labute approximate surface area is 68.3 Å². The third kappa shape index (κ3) is 2.04. The topological polar surface area (TPSA) is 26.0 Å². The second-order valence-electron chi connectivity index (χ2n) is 2.59. The van der Waals surface area contributed by atoms with Crippen LogP contribution in [0.3, 0.4) is 0 Å². The number of alkyl halides is 2. The third-order valence-corrected chi connectivity index (χ3v) is 2.89. The Kier molecular flexibility index (Phi) is 2.70. The molecule has 3 heteroatoms. The van der Waals surface area contributed by atoms with E-state index in [-0.39, 0.29) is 6.04 Å². The molecule has 3 unspecified atom stereocenters. The minimum atomic E-state index is -0.749. The zero-order valence-corrected chi connectivity index (χ0v) is 7.34. The average molecular weight is 243 g/mol. The number of rotatable bonds is 0. The molecular formula is C6H11FIN. The molecule has 1 nitrogen and oxygen atoms in total. The van der Waals surface area contributed by atoms with Crippen LogP contribution in [0.1, 0.15) is 19.3 Å². The molecule has 0 heterocycles. The Bertz CT molecular complexity index is 99.1. The van der Waals surface area contributed by atoms with Crippen LogP contribution in [0.5, 0.6) is 0 Å². The number of hydrogen-bond acceptors (Lipinski definition) is 1. The van der Waals surface area contributed by atoms with Gasteiger partial charge < -0.3 is 5.73 Å². The predicted molar refractivity (Wildman–Crippen MR) is 44.5 cm³/mol. The molecule has 0 aromatic rings. The molecule has 1 aliphatic carbocycles. The van der Waals surface area contributed by atoms with E-state index in [2.05, 4.69) is 22.6 Å². The Balaban J connectivity index is 2.35. The molecule has 2 N–H and O–H groups in total. The van der Waals surface area contributed by atoms with Crippen molar-refractivity contribution in [1.29, 1.82) is 0 Å². The summed E-state index contributed by atoms with van der Waals surface area (Å²) in [7, 11) is 0. The molecule has 0 bridgehead atoms. The van der Waals surface area contributed by atoms with Gasteiger partial charge >= 0.3 is 0 Å². The van der Waals surface area contributed by atoms with Gasteiger partial charge in [0, 0.05) is 9.97 Å². The molecule has 3 atom stereocenters. The third-order valence-electron chi connectivity index (χ3n) is 1.76. The van der Waals surface area contributed by atoms with E-state index in [0.717, 1.165) is 12.8 Å². The Morgan fingerprint density at radius 1 is 1.44 bits per heavy atom. The Morgan fingerprint density at radius 2 is 2.11 bits per heavy atom. The zero-order valence-electron chi connectivity index (χ0n) is 5.19. The van der Waals surface area contributed by atoms with Gasteiger partial charge in [0.15, 0.2) is 0 Å². The molecule has 0 radical (unpaired) electrons. The first-order valence-electron chi connectivity index (χ1n) is 3.24. The lowest BCUT2D eigenvalue weighted by molar-refractivity contribution is 0.226. The van der Waals surface area contributed by atoms with Crippen molar-refractivity contribution in [2.24, 2.45) is 5.73 Å². The first-order chi connectivity index (χ1) is 4.20. The zero-order chi connectivity index (χ0) is 6.85. The van der Waals surface area contributed by atoms with Gasteiger partial charge in [0.1, 0.15) is 6.17 Å². The summed E-state index contributed by atoms with van der Waals surface area (Å²) in [4.78, 5) is 0. The summed E-state index contributed by atoms with van der Waals surface area (Å²) in [5.74, 6) is 0. The lowest BCUT2D eigenvalue weighted by atomic mass is 9.94. The number of halogens is 2. The van der Waals surface area contributed by atoms with Gasteiger partial charge in [-0.1, -0.05) is 22.6 Å². The summed E-state index contributed by atoms with van der Waals surface area (Å²) in [6.07, 6.45) is 1.85. The van der Waals surface area contributed by atoms with Crippen LogP contribution in [0, 0.1) is 0 Å². The molecule has 1 saturated carbocycles. The second kappa shape index (κ2) is 3.14. The van der Waals surface area contributed by atoms with Gasteiger partial charge in [0.2, 0.25) is 0 Å². The quantitative estimate of drug-likeness (QED) is 0.508. The predicted octanol–water partition coefficient (Wildman–Crippen LogP) is 1.64. The van der Waals surface area contributed by atoms with Crippen LogP contribution in [-0.4, -0.2) is 16.1 Å². The van der Waals surface area contributed by atoms with Crippen LogP contribution in [0.4, 0.5) is 4.39 Å². The summed E-state index contributed by atoms with van der Waals surface area (Å²) in [5, 5.41) is 0. The van der Waals surface area contributed by atoms with E-state index < -0.39 is 6.17 Å². The van der Waals surface area contributed by atoms with Gasteiger partial charge in [-0.3, -0.25) is 0 Å². The maximum Gasteiger partial charge on any atom is 0.116 e. The van der Waals surface area contributed by atoms with Gasteiger partial charge in [0.25, 0.3) is 0 Å². The molecular weight excluding hydrogens is 232 g/mol. The summed E-state index contributed by atoms with van der Waals surface area (Å²) in [6.45, 7) is 0. The Morgan fingerprint density at radius 3 is 2.56 bits per heavy atom. The van der Waals surface area contributed by atoms with Crippen molar-refractivity contribution in [3.63, 3.8) is 0 Å². The molecule has 54 valence electrons. The average Bonchev–Trinajstić information content (AvgIpc) is 1.80. The molecule has 0 saturated heterocycles. The van der Waals surface area contributed by atoms with Crippen LogP contribution < -0.4 is 5.73 Å². The van der Waals surface area contributed by atoms with Crippen LogP contribution in [0.25, 0.3) is 0 Å². The Hall–Kier alpha value is 0.620. The van der Waals surface area contributed by atoms with E-state index in [1.54, 1.807) is 0 Å². The van der Waals surface area contributed by atoms with Crippen LogP contribution >= 0.6 is 22.6 Å². The van der Waals surface area contributed by atoms with Crippen molar-refractivity contribution in [1.82, 2.24) is 0 Å². The molecule has 0 aliphatic heterocycles. The van der Waals surface area contributed by atoms with Crippen LogP contribution in [0.15, 0.2) is 0 Å². The molecule has 9 heavy (non-hydrogen) atoms. The molecule has 1 rings (SSSR count). The minimum absolute atomic E-state index is 0.184. The van der Waals surface area contributed by atoms with Crippen molar-refractivity contribution < 1.29 is 4.39 Å². The molecule has 1 fully saturated rings. The molecule has 0 amide bonds. The first-order valence-corrected chi connectivity index (χ1v) is 4.48. The van der Waals surface area contributed by atoms with E-state index >= 15 is 0 Å². The van der Waals surface area contributed by atoms with E-state index in [1.807, 2.05) is 0 Å². The highest BCUT2D eigenvalue weighted by Crippen LogP contribution is 2.25. The van der Waals surface area contributed by atoms with E-state index in [9.17, 15) is 4.39 Å². The number of hydrogen-bond donors (Lipinski definition) is 1. The lowest BCUT2D eigenvalue weighted by Crippen LogP contribution is -2.37. The van der Waals surface area contributed by atoms with Gasteiger partial charge in [0.05, 0.1) is 0 Å². The van der Waals surface area contributed by atoms with E-state index in [0.29, 0.717) is 10.3 Å². The van der Waals surface area contributed by atoms with Gasteiger partial charge in [-0.25, -0.2) is 4.39 Å². The van der Waals surface area contributed by atoms with E-state index in [1.165, 1.54) is 0 Å². The van der Waals surface area contributed by atoms with Crippen LogP contribution in [0.2, 0.25) is 0 Å². The standard InChI is InChI=1S/C6H11FIN/c7-5-3-4(8)1-2-6(5)9/h4-6H,1-3,9H2.